The fourth-order valence-corrected chi connectivity index (χ4v) is 0.532. The van der Waals surface area contributed by atoms with Crippen molar-refractivity contribution >= 4 is 35.8 Å². The van der Waals surface area contributed by atoms with Gasteiger partial charge in [0.1, 0.15) is 6.29 Å². The average Bonchev–Trinajstić information content (AvgIpc) is 1.90. The van der Waals surface area contributed by atoms with Gasteiger partial charge in [-0.3, -0.25) is 4.79 Å². The van der Waals surface area contributed by atoms with Gasteiger partial charge in [-0.15, -0.1) is 0 Å². The fraction of sp³-hybridized carbons (Fsp3) is 0. The molecule has 1 nitrogen and oxygen atoms in total. The maximum absolute atomic E-state index is 10.0. The maximum atomic E-state index is 10.0. The molecule has 0 saturated carbocycles. The molecule has 0 bridgehead atoms. The van der Waals surface area contributed by atoms with Gasteiger partial charge in [0, 0.05) is 5.56 Å². The molecule has 0 N–H and O–H groups in total. The predicted molar refractivity (Wildman–Crippen MR) is 39.0 cm³/mol. The first-order chi connectivity index (χ1) is 3.93. The third-order valence-corrected chi connectivity index (χ3v) is 0.936. The zero-order chi connectivity index (χ0) is 5.82. The number of rotatable bonds is 1. The third-order valence-electron chi connectivity index (χ3n) is 0.936. The Morgan fingerprint density at radius 1 is 1.11 bits per heavy atom. The van der Waals surface area contributed by atoms with Gasteiger partial charge in [-0.25, -0.2) is 0 Å². The molecule has 0 aromatic heterocycles. The van der Waals surface area contributed by atoms with Crippen LogP contribution in [0.5, 0.6) is 0 Å². The molecular formula is C7H7NaO. The second-order valence-corrected chi connectivity index (χ2v) is 1.53. The van der Waals surface area contributed by atoms with Gasteiger partial charge in [0.2, 0.25) is 0 Å². The molecule has 42 valence electrons. The van der Waals surface area contributed by atoms with Gasteiger partial charge in [0.05, 0.1) is 0 Å². The summed E-state index contributed by atoms with van der Waals surface area (Å²) < 4.78 is 0. The monoisotopic (exact) mass is 130 g/mol. The van der Waals surface area contributed by atoms with Gasteiger partial charge in [-0.1, -0.05) is 30.3 Å². The number of carbonyl (C=O) groups is 1. The fourth-order valence-electron chi connectivity index (χ4n) is 0.532. The van der Waals surface area contributed by atoms with Gasteiger partial charge in [-0.2, -0.15) is 0 Å². The van der Waals surface area contributed by atoms with Crippen molar-refractivity contribution in [2.24, 2.45) is 0 Å². The normalized spacial score (nSPS) is 7.56. The van der Waals surface area contributed by atoms with Crippen LogP contribution in [-0.4, -0.2) is 35.8 Å². The van der Waals surface area contributed by atoms with Gasteiger partial charge >= 0.3 is 29.6 Å². The quantitative estimate of drug-likeness (QED) is 0.407. The summed E-state index contributed by atoms with van der Waals surface area (Å²) in [5.41, 5.74) is 0.729. The van der Waals surface area contributed by atoms with Crippen molar-refractivity contribution in [3.05, 3.63) is 35.9 Å². The van der Waals surface area contributed by atoms with Crippen LogP contribution in [0.25, 0.3) is 0 Å². The van der Waals surface area contributed by atoms with E-state index >= 15 is 0 Å². The molecule has 0 heterocycles. The minimum absolute atomic E-state index is 0. The van der Waals surface area contributed by atoms with E-state index in [1.165, 1.54) is 0 Å². The Morgan fingerprint density at radius 3 is 2.00 bits per heavy atom. The predicted octanol–water partition coefficient (Wildman–Crippen LogP) is 0.851. The molecule has 0 unspecified atom stereocenters. The summed E-state index contributed by atoms with van der Waals surface area (Å²) >= 11 is 0. The van der Waals surface area contributed by atoms with Crippen molar-refractivity contribution in [2.45, 2.75) is 0 Å². The van der Waals surface area contributed by atoms with Crippen molar-refractivity contribution < 1.29 is 4.79 Å². The second kappa shape index (κ2) is 4.74. The van der Waals surface area contributed by atoms with Gasteiger partial charge in [0.15, 0.2) is 0 Å². The zero-order valence-electron chi connectivity index (χ0n) is 4.37. The third kappa shape index (κ3) is 2.80. The summed E-state index contributed by atoms with van der Waals surface area (Å²) in [5, 5.41) is 0. The van der Waals surface area contributed by atoms with E-state index in [2.05, 4.69) is 0 Å². The second-order valence-electron chi connectivity index (χ2n) is 1.53. The molecule has 0 saturated heterocycles. The molecule has 0 radical (unpaired) electrons. The molecule has 9 heavy (non-hydrogen) atoms. The molecule has 0 atom stereocenters. The number of hydrogen-bond donors (Lipinski definition) is 0. The van der Waals surface area contributed by atoms with Crippen molar-refractivity contribution in [2.75, 3.05) is 0 Å². The summed E-state index contributed by atoms with van der Waals surface area (Å²) in [7, 11) is 0. The molecule has 1 rings (SSSR count). The molecule has 1 aromatic carbocycles. The van der Waals surface area contributed by atoms with E-state index in [0.717, 1.165) is 11.8 Å². The first-order valence-corrected chi connectivity index (χ1v) is 2.44. The molecule has 0 aliphatic carbocycles. The molecule has 0 spiro atoms. The Morgan fingerprint density at radius 2 is 1.67 bits per heavy atom. The standard InChI is InChI=1S/C7H6O.Na.H/c8-6-7-4-2-1-3-5-7;;/h1-6H;;. The van der Waals surface area contributed by atoms with E-state index in [-0.39, 0.29) is 29.6 Å². The average molecular weight is 130 g/mol. The van der Waals surface area contributed by atoms with Crippen LogP contribution < -0.4 is 0 Å². The van der Waals surface area contributed by atoms with Gasteiger partial charge in [0.25, 0.3) is 0 Å². The van der Waals surface area contributed by atoms with E-state index in [1.54, 1.807) is 12.1 Å². The van der Waals surface area contributed by atoms with E-state index < -0.39 is 0 Å². The van der Waals surface area contributed by atoms with E-state index in [0.29, 0.717) is 0 Å². The van der Waals surface area contributed by atoms with Crippen LogP contribution in [0.1, 0.15) is 10.4 Å². The summed E-state index contributed by atoms with van der Waals surface area (Å²) in [6.45, 7) is 0. The Labute approximate surface area is 76.4 Å². The zero-order valence-corrected chi connectivity index (χ0v) is 4.37. The summed E-state index contributed by atoms with van der Waals surface area (Å²) in [6.07, 6.45) is 0.833. The van der Waals surface area contributed by atoms with Crippen LogP contribution in [0.15, 0.2) is 30.3 Å². The molecule has 1 aromatic rings. The minimum atomic E-state index is 0. The van der Waals surface area contributed by atoms with Crippen LogP contribution in [0.4, 0.5) is 0 Å². The summed E-state index contributed by atoms with van der Waals surface area (Å²) in [6, 6.07) is 9.10. The Kier molecular flexibility index (Phi) is 4.68. The van der Waals surface area contributed by atoms with E-state index in [1.807, 2.05) is 18.2 Å². The molecule has 0 aliphatic rings. The van der Waals surface area contributed by atoms with Crippen molar-refractivity contribution in [1.29, 1.82) is 0 Å². The molecule has 2 heteroatoms. The summed E-state index contributed by atoms with van der Waals surface area (Å²) in [4.78, 5) is 10.0. The van der Waals surface area contributed by atoms with Crippen LogP contribution in [0, 0.1) is 0 Å². The van der Waals surface area contributed by atoms with Crippen LogP contribution in [0.3, 0.4) is 0 Å². The first-order valence-electron chi connectivity index (χ1n) is 2.44. The van der Waals surface area contributed by atoms with Gasteiger partial charge in [-0.05, 0) is 0 Å². The van der Waals surface area contributed by atoms with Crippen molar-refractivity contribution in [1.82, 2.24) is 0 Å². The van der Waals surface area contributed by atoms with E-state index in [4.69, 9.17) is 0 Å². The Hall–Kier alpha value is -0.110. The molecule has 0 fully saturated rings. The Bertz CT molecular complexity index is 172. The first kappa shape index (κ1) is 8.89. The molecule has 0 aliphatic heterocycles. The SMILES string of the molecule is O=Cc1ccccc1.[NaH]. The van der Waals surface area contributed by atoms with Crippen molar-refractivity contribution in [3.63, 3.8) is 0 Å². The molecule has 0 amide bonds. The number of hydrogen-bond acceptors (Lipinski definition) is 1. The van der Waals surface area contributed by atoms with Crippen molar-refractivity contribution in [3.8, 4) is 0 Å². The number of benzene rings is 1. The topological polar surface area (TPSA) is 17.1 Å². The Balaban J connectivity index is 0.000000640. The summed E-state index contributed by atoms with van der Waals surface area (Å²) in [5.74, 6) is 0. The van der Waals surface area contributed by atoms with Crippen LogP contribution >= 0.6 is 0 Å². The molecular weight excluding hydrogens is 123 g/mol. The van der Waals surface area contributed by atoms with Crippen LogP contribution in [0.2, 0.25) is 0 Å². The van der Waals surface area contributed by atoms with Gasteiger partial charge < -0.3 is 0 Å². The van der Waals surface area contributed by atoms with E-state index in [9.17, 15) is 4.79 Å². The van der Waals surface area contributed by atoms with Crippen LogP contribution in [-0.2, 0) is 0 Å². The number of aldehydes is 1. The number of carbonyl (C=O) groups excluding carboxylic acids is 1.